The van der Waals surface area contributed by atoms with Crippen LogP contribution in [-0.4, -0.2) is 29.8 Å². The maximum Gasteiger partial charge on any atom is 0.149 e. The van der Waals surface area contributed by atoms with Crippen LogP contribution in [0.15, 0.2) is 0 Å². The summed E-state index contributed by atoms with van der Waals surface area (Å²) < 4.78 is 0. The molecule has 1 unspecified atom stereocenters. The molecule has 0 heterocycles. The summed E-state index contributed by atoms with van der Waals surface area (Å²) in [5.74, 6) is 0.465. The molecule has 0 aliphatic rings. The minimum Gasteiger partial charge on any atom is -0.298 e. The molecule has 2 heteroatoms. The van der Waals surface area contributed by atoms with E-state index in [0.29, 0.717) is 5.78 Å². The molecule has 0 rings (SSSR count). The lowest BCUT2D eigenvalue weighted by atomic mass is 10.0. The van der Waals surface area contributed by atoms with Gasteiger partial charge in [-0.1, -0.05) is 91.9 Å². The predicted octanol–water partition coefficient (Wildman–Crippen LogP) is 6.38. The van der Waals surface area contributed by atoms with Crippen molar-refractivity contribution in [2.24, 2.45) is 0 Å². The van der Waals surface area contributed by atoms with Gasteiger partial charge < -0.3 is 0 Å². The highest BCUT2D eigenvalue weighted by Gasteiger charge is 2.20. The van der Waals surface area contributed by atoms with E-state index in [1.54, 1.807) is 0 Å². The van der Waals surface area contributed by atoms with Gasteiger partial charge in [0.15, 0.2) is 0 Å². The summed E-state index contributed by atoms with van der Waals surface area (Å²) >= 11 is 0. The Kier molecular flexibility index (Phi) is 16.2. The molecule has 138 valence electrons. The second-order valence-corrected chi connectivity index (χ2v) is 6.90. The van der Waals surface area contributed by atoms with Crippen molar-refractivity contribution < 1.29 is 4.79 Å². The Balaban J connectivity index is 3.54. The lowest BCUT2D eigenvalue weighted by molar-refractivity contribution is -0.124. The van der Waals surface area contributed by atoms with Crippen LogP contribution < -0.4 is 0 Å². The van der Waals surface area contributed by atoms with Crippen molar-refractivity contribution in [1.29, 1.82) is 0 Å². The minimum atomic E-state index is 0.160. The third kappa shape index (κ3) is 11.8. The maximum absolute atomic E-state index is 12.4. The second-order valence-electron chi connectivity index (χ2n) is 6.90. The van der Waals surface area contributed by atoms with Gasteiger partial charge in [-0.2, -0.15) is 0 Å². The molecule has 0 amide bonds. The zero-order chi connectivity index (χ0) is 17.3. The molecule has 0 saturated heterocycles. The van der Waals surface area contributed by atoms with Crippen LogP contribution in [0, 0.1) is 0 Å². The Hall–Kier alpha value is -0.370. The number of carbonyl (C=O) groups excluding carboxylic acids is 1. The smallest absolute Gasteiger partial charge is 0.149 e. The van der Waals surface area contributed by atoms with Crippen LogP contribution in [0.1, 0.15) is 111 Å². The number of carbonyl (C=O) groups is 1. The molecule has 0 spiro atoms. The van der Waals surface area contributed by atoms with E-state index in [9.17, 15) is 4.79 Å². The Bertz CT molecular complexity index is 261. The van der Waals surface area contributed by atoms with Crippen molar-refractivity contribution in [3.05, 3.63) is 0 Å². The number of Topliss-reactive ketones (excluding diaryl/α,β-unsaturated/α-hetero) is 1. The molecule has 0 bridgehead atoms. The van der Waals surface area contributed by atoms with Crippen molar-refractivity contribution >= 4 is 5.78 Å². The molecule has 0 aliphatic heterocycles. The number of ketones is 1. The normalized spacial score (nSPS) is 12.7. The van der Waals surface area contributed by atoms with Crippen molar-refractivity contribution in [2.45, 2.75) is 117 Å². The molecule has 1 atom stereocenters. The summed E-state index contributed by atoms with van der Waals surface area (Å²) in [5.41, 5.74) is 0. The van der Waals surface area contributed by atoms with Crippen LogP contribution >= 0.6 is 0 Å². The monoisotopic (exact) mass is 325 g/mol. The van der Waals surface area contributed by atoms with Crippen LogP contribution in [0.2, 0.25) is 0 Å². The van der Waals surface area contributed by atoms with Gasteiger partial charge >= 0.3 is 0 Å². The van der Waals surface area contributed by atoms with E-state index in [1.807, 2.05) is 0 Å². The molecule has 0 aromatic heterocycles. The van der Waals surface area contributed by atoms with E-state index in [0.717, 1.165) is 32.4 Å². The van der Waals surface area contributed by atoms with E-state index in [-0.39, 0.29) is 6.04 Å². The van der Waals surface area contributed by atoms with Crippen LogP contribution in [0.3, 0.4) is 0 Å². The molecule has 0 aromatic carbocycles. The highest BCUT2D eigenvalue weighted by Crippen LogP contribution is 2.14. The first kappa shape index (κ1) is 22.6. The molecular weight excluding hydrogens is 282 g/mol. The first-order chi connectivity index (χ1) is 11.2. The van der Waals surface area contributed by atoms with Gasteiger partial charge in [-0.15, -0.1) is 0 Å². The van der Waals surface area contributed by atoms with Gasteiger partial charge in [-0.3, -0.25) is 9.69 Å². The van der Waals surface area contributed by atoms with Crippen molar-refractivity contribution in [3.8, 4) is 0 Å². The van der Waals surface area contributed by atoms with E-state index >= 15 is 0 Å². The Morgan fingerprint density at radius 3 is 1.52 bits per heavy atom. The largest absolute Gasteiger partial charge is 0.298 e. The molecule has 0 aromatic rings. The van der Waals surface area contributed by atoms with Crippen LogP contribution in [0.5, 0.6) is 0 Å². The Labute approximate surface area is 146 Å². The summed E-state index contributed by atoms with van der Waals surface area (Å²) in [6, 6.07) is 0.160. The SMILES string of the molecule is CCCCCCCCCCCCCC(=O)C(CC)N(CC)CC. The van der Waals surface area contributed by atoms with E-state index in [4.69, 9.17) is 0 Å². The predicted molar refractivity (Wildman–Crippen MR) is 103 cm³/mol. The van der Waals surface area contributed by atoms with Crippen molar-refractivity contribution in [3.63, 3.8) is 0 Å². The standard InChI is InChI=1S/C21H43NO/c1-5-9-10-11-12-13-14-15-16-17-18-19-21(23)20(6-2)22(7-3)8-4/h20H,5-19H2,1-4H3. The van der Waals surface area contributed by atoms with E-state index in [1.165, 1.54) is 64.2 Å². The van der Waals surface area contributed by atoms with E-state index in [2.05, 4.69) is 32.6 Å². The number of hydrogen-bond acceptors (Lipinski definition) is 2. The molecule has 0 fully saturated rings. The van der Waals surface area contributed by atoms with Crippen LogP contribution in [0.25, 0.3) is 0 Å². The highest BCUT2D eigenvalue weighted by molar-refractivity contribution is 5.83. The summed E-state index contributed by atoms with van der Waals surface area (Å²) in [4.78, 5) is 14.7. The van der Waals surface area contributed by atoms with Gasteiger partial charge in [-0.05, 0) is 25.9 Å². The first-order valence-electron chi connectivity index (χ1n) is 10.5. The fraction of sp³-hybridized carbons (Fsp3) is 0.952. The number of nitrogens with zero attached hydrogens (tertiary/aromatic N) is 1. The summed E-state index contributed by atoms with van der Waals surface area (Å²) in [6.45, 7) is 10.7. The molecule has 0 saturated carbocycles. The summed E-state index contributed by atoms with van der Waals surface area (Å²) in [7, 11) is 0. The molecule has 0 aliphatic carbocycles. The van der Waals surface area contributed by atoms with Gasteiger partial charge in [-0.25, -0.2) is 0 Å². The number of likely N-dealkylation sites (N-methyl/N-ethyl adjacent to an activating group) is 1. The third-order valence-corrected chi connectivity index (χ3v) is 5.04. The fourth-order valence-electron chi connectivity index (χ4n) is 3.48. The zero-order valence-electron chi connectivity index (χ0n) is 16.5. The lowest BCUT2D eigenvalue weighted by Crippen LogP contribution is -2.40. The van der Waals surface area contributed by atoms with Gasteiger partial charge in [0, 0.05) is 6.42 Å². The van der Waals surface area contributed by atoms with Gasteiger partial charge in [0.25, 0.3) is 0 Å². The molecular formula is C21H43NO. The fourth-order valence-corrected chi connectivity index (χ4v) is 3.48. The number of hydrogen-bond donors (Lipinski definition) is 0. The highest BCUT2D eigenvalue weighted by atomic mass is 16.1. The zero-order valence-corrected chi connectivity index (χ0v) is 16.5. The minimum absolute atomic E-state index is 0.160. The summed E-state index contributed by atoms with van der Waals surface area (Å²) in [6.07, 6.45) is 16.5. The summed E-state index contributed by atoms with van der Waals surface area (Å²) in [5, 5.41) is 0. The average Bonchev–Trinajstić information content (AvgIpc) is 2.57. The first-order valence-corrected chi connectivity index (χ1v) is 10.5. The molecule has 0 radical (unpaired) electrons. The second kappa shape index (κ2) is 16.5. The molecule has 2 nitrogen and oxygen atoms in total. The van der Waals surface area contributed by atoms with Gasteiger partial charge in [0.2, 0.25) is 0 Å². The Morgan fingerprint density at radius 2 is 1.13 bits per heavy atom. The third-order valence-electron chi connectivity index (χ3n) is 5.04. The maximum atomic E-state index is 12.4. The van der Waals surface area contributed by atoms with Crippen LogP contribution in [-0.2, 0) is 4.79 Å². The topological polar surface area (TPSA) is 20.3 Å². The quantitative estimate of drug-likeness (QED) is 0.289. The van der Waals surface area contributed by atoms with Crippen LogP contribution in [0.4, 0.5) is 0 Å². The van der Waals surface area contributed by atoms with E-state index < -0.39 is 0 Å². The Morgan fingerprint density at radius 1 is 0.696 bits per heavy atom. The molecule has 23 heavy (non-hydrogen) atoms. The van der Waals surface area contributed by atoms with Gasteiger partial charge in [0.05, 0.1) is 6.04 Å². The average molecular weight is 326 g/mol. The van der Waals surface area contributed by atoms with Crippen molar-refractivity contribution in [1.82, 2.24) is 4.90 Å². The lowest BCUT2D eigenvalue weighted by Gasteiger charge is -2.27. The number of unbranched alkanes of at least 4 members (excludes halogenated alkanes) is 10. The van der Waals surface area contributed by atoms with Crippen molar-refractivity contribution in [2.75, 3.05) is 13.1 Å². The molecule has 0 N–H and O–H groups in total. The number of rotatable bonds is 17. The van der Waals surface area contributed by atoms with Gasteiger partial charge in [0.1, 0.15) is 5.78 Å².